The van der Waals surface area contributed by atoms with Gasteiger partial charge in [0, 0.05) is 12.6 Å². The van der Waals surface area contributed by atoms with Crippen molar-refractivity contribution < 1.29 is 4.39 Å². The van der Waals surface area contributed by atoms with Crippen LogP contribution in [0.3, 0.4) is 0 Å². The Morgan fingerprint density at radius 1 is 1.42 bits per heavy atom. The van der Waals surface area contributed by atoms with Crippen LogP contribution in [-0.4, -0.2) is 34.1 Å². The van der Waals surface area contributed by atoms with Gasteiger partial charge < -0.3 is 14.5 Å². The Morgan fingerprint density at radius 3 is 3.05 bits per heavy atom. The number of imidazole rings is 1. The molecule has 1 unspecified atom stereocenters. The number of nitrogens with zero attached hydrogens (tertiary/aromatic N) is 2. The number of nitrogens with one attached hydrogen (secondary N) is 1. The van der Waals surface area contributed by atoms with Crippen LogP contribution in [0.4, 0.5) is 4.39 Å². The second kappa shape index (κ2) is 5.06. The maximum atomic E-state index is 13.7. The Hall–Kier alpha value is -1.20. The van der Waals surface area contributed by atoms with Crippen molar-refractivity contribution in [1.82, 2.24) is 14.5 Å². The highest BCUT2D eigenvalue weighted by Gasteiger charge is 2.20. The van der Waals surface area contributed by atoms with E-state index in [9.17, 15) is 4.39 Å². The van der Waals surface area contributed by atoms with Gasteiger partial charge in [-0.1, -0.05) is 12.5 Å². The molecule has 1 aromatic heterocycles. The lowest BCUT2D eigenvalue weighted by atomic mass is 10.0. The summed E-state index contributed by atoms with van der Waals surface area (Å²) in [5.41, 5.74) is 1.38. The highest BCUT2D eigenvalue weighted by atomic mass is 32.1. The molecule has 0 spiro atoms. The first-order chi connectivity index (χ1) is 9.16. The topological polar surface area (TPSA) is 24.0 Å². The molecule has 0 bridgehead atoms. The molecular formula is C14H18FN3S. The van der Waals surface area contributed by atoms with Crippen molar-refractivity contribution in [2.24, 2.45) is 0 Å². The van der Waals surface area contributed by atoms with Crippen LogP contribution in [-0.2, 0) is 6.54 Å². The van der Waals surface area contributed by atoms with Crippen molar-refractivity contribution in [3.05, 3.63) is 28.8 Å². The fraction of sp³-hybridized carbons (Fsp3) is 0.500. The summed E-state index contributed by atoms with van der Waals surface area (Å²) in [4.78, 5) is 5.36. The second-order valence-electron chi connectivity index (χ2n) is 5.30. The van der Waals surface area contributed by atoms with E-state index >= 15 is 0 Å². The van der Waals surface area contributed by atoms with Crippen LogP contribution in [0.5, 0.6) is 0 Å². The van der Waals surface area contributed by atoms with Gasteiger partial charge >= 0.3 is 0 Å². The lowest BCUT2D eigenvalue weighted by Gasteiger charge is -2.32. The number of H-pyrrole nitrogens is 1. The van der Waals surface area contributed by atoms with Crippen LogP contribution in [0.1, 0.15) is 19.3 Å². The normalized spacial score (nSPS) is 21.1. The predicted molar refractivity (Wildman–Crippen MR) is 77.3 cm³/mol. The van der Waals surface area contributed by atoms with Gasteiger partial charge in [-0.3, -0.25) is 0 Å². The summed E-state index contributed by atoms with van der Waals surface area (Å²) in [5.74, 6) is -0.237. The average Bonchev–Trinajstić information content (AvgIpc) is 2.71. The molecule has 0 radical (unpaired) electrons. The minimum atomic E-state index is -0.237. The number of fused-ring (bicyclic) bond motifs is 1. The second-order valence-corrected chi connectivity index (χ2v) is 5.69. The lowest BCUT2D eigenvalue weighted by molar-refractivity contribution is 0.168. The van der Waals surface area contributed by atoms with Gasteiger partial charge in [-0.25, -0.2) is 4.39 Å². The van der Waals surface area contributed by atoms with E-state index in [4.69, 9.17) is 12.2 Å². The zero-order valence-electron chi connectivity index (χ0n) is 11.0. The quantitative estimate of drug-likeness (QED) is 0.853. The van der Waals surface area contributed by atoms with Crippen molar-refractivity contribution >= 4 is 23.3 Å². The fourth-order valence-electron chi connectivity index (χ4n) is 2.91. The molecule has 0 amide bonds. The summed E-state index contributed by atoms with van der Waals surface area (Å²) in [6.45, 7) is 1.97. The van der Waals surface area contributed by atoms with E-state index in [-0.39, 0.29) is 5.82 Å². The SMILES string of the molecule is CN1CCCCC1Cn1c(=S)[nH]c2c(F)cccc21. The van der Waals surface area contributed by atoms with Crippen LogP contribution in [0.2, 0.25) is 0 Å². The summed E-state index contributed by atoms with van der Waals surface area (Å²) in [6, 6.07) is 5.61. The maximum absolute atomic E-state index is 13.7. The number of hydrogen-bond donors (Lipinski definition) is 1. The number of aromatic amines is 1. The standard InChI is InChI=1S/C14H18FN3S/c1-17-8-3-2-5-10(17)9-18-12-7-4-6-11(15)13(12)16-14(18)19/h4,6-7,10H,2-3,5,8-9H2,1H3,(H,16,19). The smallest absolute Gasteiger partial charge is 0.178 e. The van der Waals surface area contributed by atoms with Gasteiger partial charge in [0.15, 0.2) is 4.77 Å². The van der Waals surface area contributed by atoms with Gasteiger partial charge in [0.2, 0.25) is 0 Å². The highest BCUT2D eigenvalue weighted by molar-refractivity contribution is 7.71. The Bertz CT molecular complexity index is 646. The summed E-state index contributed by atoms with van der Waals surface area (Å²) in [7, 11) is 2.16. The average molecular weight is 279 g/mol. The molecule has 2 heterocycles. The molecule has 19 heavy (non-hydrogen) atoms. The van der Waals surface area contributed by atoms with Gasteiger partial charge in [-0.15, -0.1) is 0 Å². The number of likely N-dealkylation sites (tertiary alicyclic amines) is 1. The molecule has 3 nitrogen and oxygen atoms in total. The molecule has 1 aliphatic heterocycles. The van der Waals surface area contributed by atoms with E-state index in [0.29, 0.717) is 16.3 Å². The molecule has 0 aliphatic carbocycles. The number of aromatic nitrogens is 2. The van der Waals surface area contributed by atoms with Crippen LogP contribution < -0.4 is 0 Å². The lowest BCUT2D eigenvalue weighted by Crippen LogP contribution is -2.39. The van der Waals surface area contributed by atoms with Crippen molar-refractivity contribution in [1.29, 1.82) is 0 Å². The monoisotopic (exact) mass is 279 g/mol. The third kappa shape index (κ3) is 2.32. The summed E-state index contributed by atoms with van der Waals surface area (Å²) in [5, 5.41) is 0. The van der Waals surface area contributed by atoms with Gasteiger partial charge in [0.25, 0.3) is 0 Å². The highest BCUT2D eigenvalue weighted by Crippen LogP contribution is 2.21. The summed E-state index contributed by atoms with van der Waals surface area (Å²) >= 11 is 5.34. The maximum Gasteiger partial charge on any atom is 0.178 e. The Kier molecular flexibility index (Phi) is 3.41. The number of hydrogen-bond acceptors (Lipinski definition) is 2. The molecule has 1 N–H and O–H groups in total. The fourth-order valence-corrected chi connectivity index (χ4v) is 3.19. The number of rotatable bonds is 2. The van der Waals surface area contributed by atoms with Crippen molar-refractivity contribution in [3.8, 4) is 0 Å². The van der Waals surface area contributed by atoms with E-state index in [1.54, 1.807) is 6.07 Å². The zero-order chi connectivity index (χ0) is 13.4. The predicted octanol–water partition coefficient (Wildman–Crippen LogP) is 3.32. The molecule has 1 saturated heterocycles. The molecular weight excluding hydrogens is 261 g/mol. The summed E-state index contributed by atoms with van der Waals surface area (Å²) in [6.07, 6.45) is 3.71. The van der Waals surface area contributed by atoms with Crippen LogP contribution in [0.15, 0.2) is 18.2 Å². The van der Waals surface area contributed by atoms with Crippen LogP contribution >= 0.6 is 12.2 Å². The van der Waals surface area contributed by atoms with Crippen molar-refractivity contribution in [2.75, 3.05) is 13.6 Å². The third-order valence-electron chi connectivity index (χ3n) is 4.07. The first kappa shape index (κ1) is 12.8. The molecule has 2 aromatic rings. The Balaban J connectivity index is 1.98. The van der Waals surface area contributed by atoms with E-state index in [0.717, 1.165) is 18.6 Å². The third-order valence-corrected chi connectivity index (χ3v) is 4.40. The van der Waals surface area contributed by atoms with E-state index < -0.39 is 0 Å². The van der Waals surface area contributed by atoms with Crippen LogP contribution in [0, 0.1) is 10.6 Å². The van der Waals surface area contributed by atoms with Gasteiger partial charge in [-0.2, -0.15) is 0 Å². The molecule has 1 atom stereocenters. The number of para-hydroxylation sites is 1. The van der Waals surface area contributed by atoms with E-state index in [1.807, 2.05) is 10.6 Å². The first-order valence-electron chi connectivity index (χ1n) is 6.74. The minimum absolute atomic E-state index is 0.237. The van der Waals surface area contributed by atoms with Crippen molar-refractivity contribution in [3.63, 3.8) is 0 Å². The van der Waals surface area contributed by atoms with E-state index in [1.165, 1.54) is 25.3 Å². The van der Waals surface area contributed by atoms with Gasteiger partial charge in [0.1, 0.15) is 11.3 Å². The van der Waals surface area contributed by atoms with E-state index in [2.05, 4.69) is 16.9 Å². The van der Waals surface area contributed by atoms with Crippen molar-refractivity contribution in [2.45, 2.75) is 31.8 Å². The Labute approximate surface area is 117 Å². The number of piperidine rings is 1. The molecule has 0 saturated carbocycles. The first-order valence-corrected chi connectivity index (χ1v) is 7.15. The van der Waals surface area contributed by atoms with Gasteiger partial charge in [0.05, 0.1) is 5.52 Å². The molecule has 1 fully saturated rings. The number of likely N-dealkylation sites (N-methyl/N-ethyl adjacent to an activating group) is 1. The molecule has 102 valence electrons. The summed E-state index contributed by atoms with van der Waals surface area (Å²) < 4.78 is 16.4. The zero-order valence-corrected chi connectivity index (χ0v) is 11.8. The largest absolute Gasteiger partial charge is 0.328 e. The van der Waals surface area contributed by atoms with Crippen LogP contribution in [0.25, 0.3) is 11.0 Å². The number of benzene rings is 1. The Morgan fingerprint density at radius 2 is 2.26 bits per heavy atom. The molecule has 1 aliphatic rings. The molecule has 5 heteroatoms. The number of halogens is 1. The molecule has 1 aromatic carbocycles. The molecule has 3 rings (SSSR count). The minimum Gasteiger partial charge on any atom is -0.328 e. The van der Waals surface area contributed by atoms with Gasteiger partial charge in [-0.05, 0) is 50.8 Å².